The summed E-state index contributed by atoms with van der Waals surface area (Å²) in [5.74, 6) is 0. The van der Waals surface area contributed by atoms with Crippen molar-refractivity contribution in [2.45, 2.75) is 25.9 Å². The highest BCUT2D eigenvalue weighted by molar-refractivity contribution is 5.46. The topological polar surface area (TPSA) is 19.4 Å². The molecule has 0 aliphatic carbocycles. The zero-order valence-electron chi connectivity index (χ0n) is 9.72. The molecule has 0 bridgehead atoms. The fourth-order valence-electron chi connectivity index (χ4n) is 2.60. The van der Waals surface area contributed by atoms with Gasteiger partial charge in [0.2, 0.25) is 0 Å². The molecule has 2 atom stereocenters. The third-order valence-corrected chi connectivity index (χ3v) is 3.05. The Labute approximate surface area is 91.7 Å². The molecule has 3 nitrogen and oxygen atoms in total. The summed E-state index contributed by atoms with van der Waals surface area (Å²) in [4.78, 5) is 9.05. The van der Waals surface area contributed by atoms with Gasteiger partial charge in [-0.05, 0) is 33.0 Å². The SMILES string of the molecule is C[C@@H]1CN(C)C[C@H](C)N1c1cccnc1. The summed E-state index contributed by atoms with van der Waals surface area (Å²) in [6, 6.07) is 5.27. The van der Waals surface area contributed by atoms with Crippen LogP contribution in [-0.2, 0) is 0 Å². The van der Waals surface area contributed by atoms with E-state index in [4.69, 9.17) is 0 Å². The fraction of sp³-hybridized carbons (Fsp3) is 0.583. The third-order valence-electron chi connectivity index (χ3n) is 3.05. The number of rotatable bonds is 1. The summed E-state index contributed by atoms with van der Waals surface area (Å²) in [7, 11) is 2.19. The van der Waals surface area contributed by atoms with E-state index in [9.17, 15) is 0 Å². The Bertz CT molecular complexity index is 300. The van der Waals surface area contributed by atoms with E-state index in [1.54, 1.807) is 0 Å². The number of anilines is 1. The van der Waals surface area contributed by atoms with Crippen LogP contribution >= 0.6 is 0 Å². The zero-order chi connectivity index (χ0) is 10.8. The van der Waals surface area contributed by atoms with Crippen LogP contribution in [0.25, 0.3) is 0 Å². The Morgan fingerprint density at radius 3 is 2.47 bits per heavy atom. The van der Waals surface area contributed by atoms with E-state index in [0.717, 1.165) is 13.1 Å². The number of piperazine rings is 1. The summed E-state index contributed by atoms with van der Waals surface area (Å²) < 4.78 is 0. The molecule has 0 radical (unpaired) electrons. The first kappa shape index (κ1) is 10.4. The lowest BCUT2D eigenvalue weighted by Crippen LogP contribution is -2.55. The normalized spacial score (nSPS) is 28.1. The van der Waals surface area contributed by atoms with E-state index in [2.05, 4.69) is 41.7 Å². The Morgan fingerprint density at radius 2 is 1.93 bits per heavy atom. The van der Waals surface area contributed by atoms with Crippen LogP contribution in [0.4, 0.5) is 5.69 Å². The van der Waals surface area contributed by atoms with Gasteiger partial charge in [0.25, 0.3) is 0 Å². The van der Waals surface area contributed by atoms with Gasteiger partial charge in [-0.3, -0.25) is 4.98 Å². The predicted molar refractivity (Wildman–Crippen MR) is 63.1 cm³/mol. The Morgan fingerprint density at radius 1 is 1.27 bits per heavy atom. The quantitative estimate of drug-likeness (QED) is 0.694. The molecule has 0 aromatic carbocycles. The minimum atomic E-state index is 0.558. The van der Waals surface area contributed by atoms with Crippen LogP contribution in [0.15, 0.2) is 24.5 Å². The molecule has 1 fully saturated rings. The molecule has 0 saturated carbocycles. The number of hydrogen-bond donors (Lipinski definition) is 0. The molecule has 1 aliphatic rings. The number of nitrogens with zero attached hydrogens (tertiary/aromatic N) is 3. The molecule has 82 valence electrons. The van der Waals surface area contributed by atoms with Crippen molar-refractivity contribution in [3.05, 3.63) is 24.5 Å². The van der Waals surface area contributed by atoms with Crippen molar-refractivity contribution < 1.29 is 0 Å². The maximum atomic E-state index is 4.19. The minimum absolute atomic E-state index is 0.558. The van der Waals surface area contributed by atoms with Crippen LogP contribution in [0.5, 0.6) is 0 Å². The molecule has 3 heteroatoms. The van der Waals surface area contributed by atoms with Crippen LogP contribution in [0, 0.1) is 0 Å². The van der Waals surface area contributed by atoms with Gasteiger partial charge in [0, 0.05) is 31.4 Å². The van der Waals surface area contributed by atoms with Crippen molar-refractivity contribution in [2.75, 3.05) is 25.0 Å². The molecule has 0 unspecified atom stereocenters. The molecule has 0 spiro atoms. The highest BCUT2D eigenvalue weighted by atomic mass is 15.3. The van der Waals surface area contributed by atoms with E-state index in [-0.39, 0.29) is 0 Å². The predicted octanol–water partition coefficient (Wildman–Crippen LogP) is 1.61. The van der Waals surface area contributed by atoms with E-state index in [1.807, 2.05) is 18.5 Å². The standard InChI is InChI=1S/C12H19N3/c1-10-8-14(3)9-11(2)15(10)12-5-4-6-13-7-12/h4-7,10-11H,8-9H2,1-3H3/t10-,11+. The van der Waals surface area contributed by atoms with Crippen molar-refractivity contribution in [1.82, 2.24) is 9.88 Å². The maximum absolute atomic E-state index is 4.19. The Balaban J connectivity index is 2.21. The van der Waals surface area contributed by atoms with Crippen LogP contribution in [0.1, 0.15) is 13.8 Å². The number of likely N-dealkylation sites (N-methyl/N-ethyl adjacent to an activating group) is 1. The summed E-state index contributed by atoms with van der Waals surface area (Å²) >= 11 is 0. The number of aromatic nitrogens is 1. The zero-order valence-corrected chi connectivity index (χ0v) is 9.72. The molecule has 1 aliphatic heterocycles. The first-order valence-corrected chi connectivity index (χ1v) is 5.55. The lowest BCUT2D eigenvalue weighted by atomic mass is 10.1. The minimum Gasteiger partial charge on any atom is -0.362 e. The number of pyridine rings is 1. The van der Waals surface area contributed by atoms with Gasteiger partial charge in [-0.15, -0.1) is 0 Å². The van der Waals surface area contributed by atoms with Crippen molar-refractivity contribution in [1.29, 1.82) is 0 Å². The second kappa shape index (κ2) is 4.19. The molecular weight excluding hydrogens is 186 g/mol. The van der Waals surface area contributed by atoms with E-state index >= 15 is 0 Å². The highest BCUT2D eigenvalue weighted by Crippen LogP contribution is 2.22. The third kappa shape index (κ3) is 2.12. The monoisotopic (exact) mass is 205 g/mol. The summed E-state index contributed by atoms with van der Waals surface area (Å²) in [5, 5.41) is 0. The summed E-state index contributed by atoms with van der Waals surface area (Å²) in [5.41, 5.74) is 1.24. The molecule has 2 heterocycles. The molecule has 0 N–H and O–H groups in total. The Hall–Kier alpha value is -1.09. The summed E-state index contributed by atoms with van der Waals surface area (Å²) in [6.45, 7) is 6.80. The lowest BCUT2D eigenvalue weighted by Gasteiger charge is -2.44. The maximum Gasteiger partial charge on any atom is 0.0558 e. The van der Waals surface area contributed by atoms with Gasteiger partial charge in [-0.25, -0.2) is 0 Å². The number of hydrogen-bond acceptors (Lipinski definition) is 3. The average Bonchev–Trinajstić information content (AvgIpc) is 2.17. The summed E-state index contributed by atoms with van der Waals surface area (Å²) in [6.07, 6.45) is 3.78. The second-order valence-electron chi connectivity index (χ2n) is 4.54. The second-order valence-corrected chi connectivity index (χ2v) is 4.54. The van der Waals surface area contributed by atoms with Crippen LogP contribution in [-0.4, -0.2) is 42.1 Å². The first-order valence-electron chi connectivity index (χ1n) is 5.55. The van der Waals surface area contributed by atoms with Crippen molar-refractivity contribution in [2.24, 2.45) is 0 Å². The van der Waals surface area contributed by atoms with E-state index in [0.29, 0.717) is 12.1 Å². The van der Waals surface area contributed by atoms with E-state index < -0.39 is 0 Å². The van der Waals surface area contributed by atoms with Gasteiger partial charge < -0.3 is 9.80 Å². The van der Waals surface area contributed by atoms with Gasteiger partial charge >= 0.3 is 0 Å². The lowest BCUT2D eigenvalue weighted by molar-refractivity contribution is 0.240. The molecular formula is C12H19N3. The molecule has 2 rings (SSSR count). The smallest absolute Gasteiger partial charge is 0.0558 e. The van der Waals surface area contributed by atoms with Gasteiger partial charge in [-0.2, -0.15) is 0 Å². The molecule has 15 heavy (non-hydrogen) atoms. The van der Waals surface area contributed by atoms with Crippen molar-refractivity contribution >= 4 is 5.69 Å². The highest BCUT2D eigenvalue weighted by Gasteiger charge is 2.27. The van der Waals surface area contributed by atoms with E-state index in [1.165, 1.54) is 5.69 Å². The van der Waals surface area contributed by atoms with Crippen LogP contribution in [0.3, 0.4) is 0 Å². The molecule has 1 aromatic rings. The average molecular weight is 205 g/mol. The van der Waals surface area contributed by atoms with Crippen molar-refractivity contribution in [3.63, 3.8) is 0 Å². The fourth-order valence-corrected chi connectivity index (χ4v) is 2.60. The van der Waals surface area contributed by atoms with Gasteiger partial charge in [0.15, 0.2) is 0 Å². The van der Waals surface area contributed by atoms with Gasteiger partial charge in [-0.1, -0.05) is 0 Å². The molecule has 0 amide bonds. The van der Waals surface area contributed by atoms with Gasteiger partial charge in [0.1, 0.15) is 0 Å². The molecule has 1 aromatic heterocycles. The molecule has 1 saturated heterocycles. The Kier molecular flexibility index (Phi) is 2.91. The largest absolute Gasteiger partial charge is 0.362 e. The van der Waals surface area contributed by atoms with Crippen molar-refractivity contribution in [3.8, 4) is 0 Å². The van der Waals surface area contributed by atoms with Crippen LogP contribution in [0.2, 0.25) is 0 Å². The first-order chi connectivity index (χ1) is 7.18. The van der Waals surface area contributed by atoms with Gasteiger partial charge in [0.05, 0.1) is 11.9 Å². The van der Waals surface area contributed by atoms with Crippen LogP contribution < -0.4 is 4.90 Å².